The molecule has 10 nitrogen and oxygen atoms in total. The zero-order chi connectivity index (χ0) is 24.2. The molecule has 1 atom stereocenters. The molecule has 2 aromatic rings. The van der Waals surface area contributed by atoms with Gasteiger partial charge in [0.1, 0.15) is 17.5 Å². The normalized spacial score (nSPS) is 17.3. The molecule has 0 spiro atoms. The SMILES string of the molecule is CC(C)S(=O)(=O)CN1CCNC(Cc2nc(C(=O)NCc3ccc(F)cc3)c(O)c(=O)[nH]2)C1. The average Bonchev–Trinajstić information content (AvgIpc) is 2.75. The van der Waals surface area contributed by atoms with E-state index in [-0.39, 0.29) is 30.7 Å². The average molecular weight is 482 g/mol. The van der Waals surface area contributed by atoms with E-state index < -0.39 is 43.8 Å². The number of aromatic nitrogens is 2. The van der Waals surface area contributed by atoms with Crippen LogP contribution >= 0.6 is 0 Å². The van der Waals surface area contributed by atoms with Crippen LogP contribution in [0.3, 0.4) is 0 Å². The molecule has 0 bridgehead atoms. The van der Waals surface area contributed by atoms with E-state index in [1.165, 1.54) is 24.3 Å². The van der Waals surface area contributed by atoms with Gasteiger partial charge in [-0.3, -0.25) is 14.5 Å². The number of carbonyl (C=O) groups is 1. The summed E-state index contributed by atoms with van der Waals surface area (Å²) in [4.78, 5) is 33.1. The maximum absolute atomic E-state index is 13.0. The molecule has 1 aromatic carbocycles. The molecule has 0 aliphatic carbocycles. The third-order valence-electron chi connectivity index (χ3n) is 5.39. The second kappa shape index (κ2) is 10.4. The van der Waals surface area contributed by atoms with Crippen LogP contribution in [0.15, 0.2) is 29.1 Å². The van der Waals surface area contributed by atoms with Gasteiger partial charge >= 0.3 is 0 Å². The molecule has 1 aliphatic rings. The Bertz CT molecular complexity index is 1150. The van der Waals surface area contributed by atoms with Crippen LogP contribution in [0.5, 0.6) is 5.75 Å². The van der Waals surface area contributed by atoms with Crippen molar-refractivity contribution >= 4 is 15.7 Å². The maximum Gasteiger partial charge on any atom is 0.293 e. The van der Waals surface area contributed by atoms with Crippen LogP contribution in [0.2, 0.25) is 0 Å². The zero-order valence-electron chi connectivity index (χ0n) is 18.5. The summed E-state index contributed by atoms with van der Waals surface area (Å²) in [6.07, 6.45) is 0.228. The number of aromatic hydroxyl groups is 1. The van der Waals surface area contributed by atoms with Gasteiger partial charge in [-0.25, -0.2) is 17.8 Å². The van der Waals surface area contributed by atoms with Gasteiger partial charge in [-0.1, -0.05) is 12.1 Å². The standard InChI is InChI=1S/C21H28FN5O5S/c1-13(2)33(31,32)12-27-8-7-23-16(11-27)9-17-25-18(19(28)21(30)26-17)20(29)24-10-14-3-5-15(22)6-4-14/h3-6,13,16,23,28H,7-12H2,1-2H3,(H,24,29)(H,25,26,30). The predicted octanol–water partition coefficient (Wildman–Crippen LogP) is 0.142. The summed E-state index contributed by atoms with van der Waals surface area (Å²) in [5.41, 5.74) is -0.620. The first-order chi connectivity index (χ1) is 15.5. The molecule has 1 aromatic heterocycles. The first-order valence-electron chi connectivity index (χ1n) is 10.6. The number of H-pyrrole nitrogens is 1. The van der Waals surface area contributed by atoms with Crippen LogP contribution < -0.4 is 16.2 Å². The van der Waals surface area contributed by atoms with Crippen LogP contribution in [0.1, 0.15) is 35.7 Å². The number of hydrogen-bond donors (Lipinski definition) is 4. The van der Waals surface area contributed by atoms with Crippen molar-refractivity contribution in [3.8, 4) is 5.75 Å². The lowest BCUT2D eigenvalue weighted by molar-refractivity contribution is 0.0942. The number of carbonyl (C=O) groups excluding carboxylic acids is 1. The Morgan fingerprint density at radius 1 is 1.33 bits per heavy atom. The van der Waals surface area contributed by atoms with Crippen LogP contribution in [0.25, 0.3) is 0 Å². The molecule has 1 saturated heterocycles. The smallest absolute Gasteiger partial charge is 0.293 e. The van der Waals surface area contributed by atoms with E-state index in [2.05, 4.69) is 20.6 Å². The second-order valence-corrected chi connectivity index (χ2v) is 10.8. The van der Waals surface area contributed by atoms with Gasteiger partial charge in [0.2, 0.25) is 5.75 Å². The molecule has 33 heavy (non-hydrogen) atoms. The third kappa shape index (κ3) is 6.59. The summed E-state index contributed by atoms with van der Waals surface area (Å²) in [6, 6.07) is 5.33. The fraction of sp³-hybridized carbons (Fsp3) is 0.476. The number of sulfone groups is 1. The van der Waals surface area contributed by atoms with Gasteiger partial charge in [-0.05, 0) is 31.5 Å². The van der Waals surface area contributed by atoms with Crippen molar-refractivity contribution in [1.82, 2.24) is 25.5 Å². The van der Waals surface area contributed by atoms with E-state index in [0.717, 1.165) is 0 Å². The first-order valence-corrected chi connectivity index (χ1v) is 12.3. The lowest BCUT2D eigenvalue weighted by Gasteiger charge is -2.33. The number of rotatable bonds is 8. The molecule has 0 radical (unpaired) electrons. The number of piperazine rings is 1. The molecular weight excluding hydrogens is 453 g/mol. The van der Waals surface area contributed by atoms with E-state index in [4.69, 9.17) is 0 Å². The Morgan fingerprint density at radius 2 is 2.03 bits per heavy atom. The molecule has 3 rings (SSSR count). The van der Waals surface area contributed by atoms with E-state index in [1.807, 2.05) is 4.90 Å². The van der Waals surface area contributed by atoms with Crippen LogP contribution in [0, 0.1) is 5.82 Å². The number of aromatic amines is 1. The molecule has 1 unspecified atom stereocenters. The predicted molar refractivity (Wildman–Crippen MR) is 120 cm³/mol. The summed E-state index contributed by atoms with van der Waals surface area (Å²) >= 11 is 0. The van der Waals surface area contributed by atoms with Crippen molar-refractivity contribution in [3.05, 3.63) is 57.5 Å². The molecule has 0 saturated carbocycles. The highest BCUT2D eigenvalue weighted by Crippen LogP contribution is 2.12. The molecule has 180 valence electrons. The van der Waals surface area contributed by atoms with Crippen molar-refractivity contribution in [2.45, 2.75) is 38.1 Å². The Morgan fingerprint density at radius 3 is 2.70 bits per heavy atom. The summed E-state index contributed by atoms with van der Waals surface area (Å²) in [5.74, 6) is -1.81. The molecule has 1 fully saturated rings. The molecule has 12 heteroatoms. The first kappa shape index (κ1) is 24.8. The van der Waals surface area contributed by atoms with Gasteiger partial charge in [0.15, 0.2) is 15.5 Å². The van der Waals surface area contributed by atoms with Gasteiger partial charge in [-0.15, -0.1) is 0 Å². The van der Waals surface area contributed by atoms with Crippen molar-refractivity contribution in [2.75, 3.05) is 25.5 Å². The van der Waals surface area contributed by atoms with Crippen molar-refractivity contribution < 1.29 is 22.7 Å². The monoisotopic (exact) mass is 481 g/mol. The topological polar surface area (TPSA) is 144 Å². The van der Waals surface area contributed by atoms with Gasteiger partial charge in [0.25, 0.3) is 11.5 Å². The lowest BCUT2D eigenvalue weighted by atomic mass is 10.1. The summed E-state index contributed by atoms with van der Waals surface area (Å²) in [6.45, 7) is 4.89. The molecule has 1 aliphatic heterocycles. The van der Waals surface area contributed by atoms with Gasteiger partial charge in [0.05, 0.1) is 5.25 Å². The second-order valence-electron chi connectivity index (χ2n) is 8.29. The highest BCUT2D eigenvalue weighted by Gasteiger charge is 2.27. The third-order valence-corrected chi connectivity index (χ3v) is 7.55. The number of hydrogen-bond acceptors (Lipinski definition) is 8. The number of nitrogens with one attached hydrogen (secondary N) is 3. The van der Waals surface area contributed by atoms with E-state index in [9.17, 15) is 27.5 Å². The van der Waals surface area contributed by atoms with Gasteiger partial charge in [0, 0.05) is 38.6 Å². The van der Waals surface area contributed by atoms with Crippen molar-refractivity contribution in [2.24, 2.45) is 0 Å². The van der Waals surface area contributed by atoms with Gasteiger partial charge < -0.3 is 20.7 Å². The Labute approximate surface area is 191 Å². The van der Waals surface area contributed by atoms with E-state index in [1.54, 1.807) is 13.8 Å². The summed E-state index contributed by atoms with van der Waals surface area (Å²) in [5, 5.41) is 15.4. The zero-order valence-corrected chi connectivity index (χ0v) is 19.3. The quantitative estimate of drug-likeness (QED) is 0.417. The Kier molecular flexibility index (Phi) is 7.82. The van der Waals surface area contributed by atoms with Crippen molar-refractivity contribution in [1.29, 1.82) is 0 Å². The largest absolute Gasteiger partial charge is 0.501 e. The fourth-order valence-electron chi connectivity index (χ4n) is 3.42. The minimum absolute atomic E-state index is 0.0561. The lowest BCUT2D eigenvalue weighted by Crippen LogP contribution is -2.53. The van der Waals surface area contributed by atoms with E-state index in [0.29, 0.717) is 25.2 Å². The molecule has 4 N–H and O–H groups in total. The van der Waals surface area contributed by atoms with Crippen molar-refractivity contribution in [3.63, 3.8) is 0 Å². The Balaban J connectivity index is 1.68. The minimum atomic E-state index is -3.24. The fourth-order valence-corrected chi connectivity index (χ4v) is 4.46. The minimum Gasteiger partial charge on any atom is -0.501 e. The maximum atomic E-state index is 13.0. The number of benzene rings is 1. The highest BCUT2D eigenvalue weighted by atomic mass is 32.2. The van der Waals surface area contributed by atoms with Gasteiger partial charge in [-0.2, -0.15) is 0 Å². The van der Waals surface area contributed by atoms with E-state index >= 15 is 0 Å². The highest BCUT2D eigenvalue weighted by molar-refractivity contribution is 7.91. The molecule has 1 amide bonds. The summed E-state index contributed by atoms with van der Waals surface area (Å²) < 4.78 is 37.5. The van der Waals surface area contributed by atoms with Crippen LogP contribution in [-0.4, -0.2) is 71.1 Å². The molecular formula is C21H28FN5O5S. The molecule has 2 heterocycles. The van der Waals surface area contributed by atoms with Crippen LogP contribution in [0.4, 0.5) is 4.39 Å². The number of amides is 1. The number of nitrogens with zero attached hydrogens (tertiary/aromatic N) is 2. The van der Waals surface area contributed by atoms with Crippen LogP contribution in [-0.2, 0) is 22.8 Å². The number of halogens is 1. The summed E-state index contributed by atoms with van der Waals surface area (Å²) in [7, 11) is -3.24. The Hall–Kier alpha value is -2.83.